The van der Waals surface area contributed by atoms with Gasteiger partial charge in [0.15, 0.2) is 5.96 Å². The maximum Gasteiger partial charge on any atom is 0.191 e. The number of aliphatic hydroxyl groups is 1. The highest BCUT2D eigenvalue weighted by Crippen LogP contribution is 2.33. The Labute approximate surface area is 147 Å². The van der Waals surface area contributed by atoms with E-state index in [0.29, 0.717) is 12.5 Å². The monoisotopic (exact) mass is 339 g/mol. The Hall–Kier alpha value is -0.810. The van der Waals surface area contributed by atoms with Crippen LogP contribution in [-0.4, -0.2) is 49.5 Å². The van der Waals surface area contributed by atoms with Crippen LogP contribution in [-0.2, 0) is 4.74 Å². The summed E-state index contributed by atoms with van der Waals surface area (Å²) >= 11 is 0. The second-order valence-corrected chi connectivity index (χ2v) is 8.65. The van der Waals surface area contributed by atoms with Crippen molar-refractivity contribution < 1.29 is 9.84 Å². The van der Waals surface area contributed by atoms with E-state index in [0.717, 1.165) is 51.2 Å². The molecule has 1 saturated carbocycles. The maximum absolute atomic E-state index is 10.6. The average Bonchev–Trinajstić information content (AvgIpc) is 2.55. The zero-order valence-electron chi connectivity index (χ0n) is 16.0. The van der Waals surface area contributed by atoms with E-state index in [9.17, 15) is 5.11 Å². The molecule has 1 aliphatic heterocycles. The predicted molar refractivity (Wildman–Crippen MR) is 99.3 cm³/mol. The number of ether oxygens (including phenoxy) is 1. The molecule has 1 heterocycles. The quantitative estimate of drug-likeness (QED) is 0.544. The van der Waals surface area contributed by atoms with Crippen molar-refractivity contribution in [2.75, 3.05) is 26.7 Å². The summed E-state index contributed by atoms with van der Waals surface area (Å²) in [4.78, 5) is 4.32. The van der Waals surface area contributed by atoms with E-state index in [1.54, 1.807) is 7.05 Å². The molecular formula is C19H37N3O2. The van der Waals surface area contributed by atoms with E-state index in [4.69, 9.17) is 4.74 Å². The fourth-order valence-electron chi connectivity index (χ4n) is 4.09. The zero-order chi connectivity index (χ0) is 17.6. The Balaban J connectivity index is 1.82. The van der Waals surface area contributed by atoms with E-state index >= 15 is 0 Å². The third-order valence-electron chi connectivity index (χ3n) is 5.42. The lowest BCUT2D eigenvalue weighted by atomic mass is 9.78. The van der Waals surface area contributed by atoms with Gasteiger partial charge in [-0.1, -0.05) is 40.0 Å². The Morgan fingerprint density at radius 2 is 1.88 bits per heavy atom. The minimum atomic E-state index is -0.572. The molecule has 0 aromatic carbocycles. The topological polar surface area (TPSA) is 65.9 Å². The number of rotatable bonds is 4. The van der Waals surface area contributed by atoms with E-state index in [1.807, 2.05) is 0 Å². The van der Waals surface area contributed by atoms with Crippen LogP contribution < -0.4 is 10.6 Å². The molecule has 1 aliphatic carbocycles. The Morgan fingerprint density at radius 3 is 2.50 bits per heavy atom. The molecule has 0 aromatic heterocycles. The molecule has 2 aliphatic rings. The summed E-state index contributed by atoms with van der Waals surface area (Å²) in [5.74, 6) is 1.28. The Bertz CT molecular complexity index is 411. The van der Waals surface area contributed by atoms with Gasteiger partial charge in [-0.25, -0.2) is 0 Å². The van der Waals surface area contributed by atoms with Crippen LogP contribution in [0.25, 0.3) is 0 Å². The summed E-state index contributed by atoms with van der Waals surface area (Å²) in [6.45, 7) is 9.07. The first-order chi connectivity index (χ1) is 11.3. The standard InChI is InChI=1S/C19H37N3O2/c1-18(2,3)16-15(9-8-12-24-16)13-21-17(20-4)22-14-19(23)10-6-5-7-11-19/h15-16,23H,5-14H2,1-4H3,(H2,20,21,22). The van der Waals surface area contributed by atoms with Crippen molar-refractivity contribution in [3.63, 3.8) is 0 Å². The van der Waals surface area contributed by atoms with Gasteiger partial charge in [-0.05, 0) is 31.1 Å². The molecule has 5 heteroatoms. The lowest BCUT2D eigenvalue weighted by molar-refractivity contribution is -0.0835. The first kappa shape index (κ1) is 19.5. The van der Waals surface area contributed by atoms with Crippen molar-refractivity contribution in [2.24, 2.45) is 16.3 Å². The minimum Gasteiger partial charge on any atom is -0.388 e. The highest BCUT2D eigenvalue weighted by Gasteiger charge is 2.35. The second-order valence-electron chi connectivity index (χ2n) is 8.65. The number of nitrogens with zero attached hydrogens (tertiary/aromatic N) is 1. The van der Waals surface area contributed by atoms with Gasteiger partial charge < -0.3 is 20.5 Å². The average molecular weight is 340 g/mol. The molecule has 1 saturated heterocycles. The SMILES string of the molecule is CN=C(NCC1CCCOC1C(C)(C)C)NCC1(O)CCCCC1. The summed E-state index contributed by atoms with van der Waals surface area (Å²) < 4.78 is 6.05. The highest BCUT2D eigenvalue weighted by molar-refractivity contribution is 5.79. The molecule has 2 rings (SSSR count). The first-order valence-corrected chi connectivity index (χ1v) is 9.63. The lowest BCUT2D eigenvalue weighted by Gasteiger charge is -2.40. The smallest absolute Gasteiger partial charge is 0.191 e. The van der Waals surface area contributed by atoms with Crippen molar-refractivity contribution >= 4 is 5.96 Å². The molecule has 5 nitrogen and oxygen atoms in total. The van der Waals surface area contributed by atoms with Crippen molar-refractivity contribution in [3.05, 3.63) is 0 Å². The van der Waals surface area contributed by atoms with Crippen LogP contribution in [0.5, 0.6) is 0 Å². The second kappa shape index (κ2) is 8.52. The van der Waals surface area contributed by atoms with Crippen molar-refractivity contribution in [1.82, 2.24) is 10.6 Å². The molecule has 2 fully saturated rings. The summed E-state index contributed by atoms with van der Waals surface area (Å²) in [6.07, 6.45) is 7.86. The minimum absolute atomic E-state index is 0.154. The number of hydrogen-bond donors (Lipinski definition) is 3. The number of nitrogens with one attached hydrogen (secondary N) is 2. The first-order valence-electron chi connectivity index (χ1n) is 9.63. The summed E-state index contributed by atoms with van der Waals surface area (Å²) in [5.41, 5.74) is -0.418. The summed E-state index contributed by atoms with van der Waals surface area (Å²) in [6, 6.07) is 0. The lowest BCUT2D eigenvalue weighted by Crippen LogP contribution is -2.51. The fraction of sp³-hybridized carbons (Fsp3) is 0.947. The number of hydrogen-bond acceptors (Lipinski definition) is 3. The zero-order valence-corrected chi connectivity index (χ0v) is 16.0. The third kappa shape index (κ3) is 5.62. The van der Waals surface area contributed by atoms with Crippen LogP contribution in [0.3, 0.4) is 0 Å². The molecular weight excluding hydrogens is 302 g/mol. The number of guanidine groups is 1. The van der Waals surface area contributed by atoms with Crippen LogP contribution in [0.15, 0.2) is 4.99 Å². The number of aliphatic imine (C=N–C) groups is 1. The largest absolute Gasteiger partial charge is 0.388 e. The Kier molecular flexibility index (Phi) is 6.93. The van der Waals surface area contributed by atoms with Gasteiger partial charge in [-0.15, -0.1) is 0 Å². The molecule has 0 amide bonds. The van der Waals surface area contributed by atoms with Gasteiger partial charge in [-0.2, -0.15) is 0 Å². The maximum atomic E-state index is 10.6. The summed E-state index contributed by atoms with van der Waals surface area (Å²) in [7, 11) is 1.79. The molecule has 2 unspecified atom stereocenters. The van der Waals surface area contributed by atoms with Gasteiger partial charge in [0.2, 0.25) is 0 Å². The highest BCUT2D eigenvalue weighted by atomic mass is 16.5. The van der Waals surface area contributed by atoms with Gasteiger partial charge in [0.1, 0.15) is 0 Å². The van der Waals surface area contributed by atoms with Gasteiger partial charge in [0.05, 0.1) is 11.7 Å². The molecule has 3 N–H and O–H groups in total. The van der Waals surface area contributed by atoms with Crippen molar-refractivity contribution in [1.29, 1.82) is 0 Å². The van der Waals surface area contributed by atoms with Crippen molar-refractivity contribution in [3.8, 4) is 0 Å². The van der Waals surface area contributed by atoms with Crippen LogP contribution in [0.1, 0.15) is 65.7 Å². The molecule has 0 aromatic rings. The molecule has 0 spiro atoms. The third-order valence-corrected chi connectivity index (χ3v) is 5.42. The molecule has 0 bridgehead atoms. The molecule has 140 valence electrons. The van der Waals surface area contributed by atoms with Crippen LogP contribution in [0.4, 0.5) is 0 Å². The van der Waals surface area contributed by atoms with E-state index < -0.39 is 5.60 Å². The summed E-state index contributed by atoms with van der Waals surface area (Å²) in [5, 5.41) is 17.4. The van der Waals surface area contributed by atoms with Crippen LogP contribution in [0.2, 0.25) is 0 Å². The normalized spacial score (nSPS) is 28.5. The van der Waals surface area contributed by atoms with E-state index in [2.05, 4.69) is 36.4 Å². The fourth-order valence-corrected chi connectivity index (χ4v) is 4.09. The van der Waals surface area contributed by atoms with Gasteiger partial charge in [0.25, 0.3) is 0 Å². The van der Waals surface area contributed by atoms with Gasteiger partial charge in [-0.3, -0.25) is 4.99 Å². The molecule has 0 radical (unpaired) electrons. The van der Waals surface area contributed by atoms with Gasteiger partial charge in [0, 0.05) is 32.7 Å². The van der Waals surface area contributed by atoms with E-state index in [-0.39, 0.29) is 11.5 Å². The Morgan fingerprint density at radius 1 is 1.17 bits per heavy atom. The van der Waals surface area contributed by atoms with Gasteiger partial charge >= 0.3 is 0 Å². The van der Waals surface area contributed by atoms with E-state index in [1.165, 1.54) is 12.8 Å². The van der Waals surface area contributed by atoms with Crippen molar-refractivity contribution in [2.45, 2.75) is 77.4 Å². The molecule has 24 heavy (non-hydrogen) atoms. The molecule has 2 atom stereocenters. The van der Waals surface area contributed by atoms with Crippen LogP contribution >= 0.6 is 0 Å². The predicted octanol–water partition coefficient (Wildman–Crippen LogP) is 2.69. The van der Waals surface area contributed by atoms with Crippen LogP contribution in [0, 0.1) is 11.3 Å².